The van der Waals surface area contributed by atoms with E-state index in [0.717, 1.165) is 47.6 Å². The third-order valence-corrected chi connectivity index (χ3v) is 3.49. The van der Waals surface area contributed by atoms with Crippen LogP contribution in [0.4, 0.5) is 0 Å². The van der Waals surface area contributed by atoms with Crippen molar-refractivity contribution >= 4 is 15.9 Å². The molecule has 1 aromatic heterocycles. The van der Waals surface area contributed by atoms with Gasteiger partial charge < -0.3 is 10.2 Å². The highest BCUT2D eigenvalue weighted by molar-refractivity contribution is 9.10. The Kier molecular flexibility index (Phi) is 5.19. The first-order valence-electron chi connectivity index (χ1n) is 6.42. The Hall–Kier alpha value is -1.10. The van der Waals surface area contributed by atoms with Gasteiger partial charge in [0.05, 0.1) is 6.54 Å². The maximum Gasteiger partial charge on any atom is 0.134 e. The Morgan fingerprint density at radius 2 is 1.89 bits per heavy atom. The van der Waals surface area contributed by atoms with Crippen LogP contribution in [-0.2, 0) is 6.54 Å². The Morgan fingerprint density at radius 1 is 1.16 bits per heavy atom. The maximum atomic E-state index is 5.87. The molecule has 0 amide bonds. The van der Waals surface area contributed by atoms with Crippen molar-refractivity contribution < 1.29 is 4.42 Å². The van der Waals surface area contributed by atoms with E-state index in [2.05, 4.69) is 27.9 Å². The van der Waals surface area contributed by atoms with E-state index in [1.807, 2.05) is 36.4 Å². The van der Waals surface area contributed by atoms with Crippen molar-refractivity contribution in [3.05, 3.63) is 46.6 Å². The fourth-order valence-corrected chi connectivity index (χ4v) is 2.20. The molecule has 0 atom stereocenters. The van der Waals surface area contributed by atoms with Crippen LogP contribution in [0.15, 0.2) is 45.3 Å². The molecule has 0 saturated heterocycles. The van der Waals surface area contributed by atoms with Crippen LogP contribution in [-0.4, -0.2) is 25.0 Å². The highest BCUT2D eigenvalue weighted by atomic mass is 79.9. The maximum absolute atomic E-state index is 5.87. The number of nitrogens with zero attached hydrogens (tertiary/aromatic N) is 1. The van der Waals surface area contributed by atoms with E-state index in [4.69, 9.17) is 10.2 Å². The van der Waals surface area contributed by atoms with E-state index in [0.29, 0.717) is 0 Å². The van der Waals surface area contributed by atoms with E-state index < -0.39 is 0 Å². The Balaban J connectivity index is 2.00. The molecular formula is C15H19BrN2O. The summed E-state index contributed by atoms with van der Waals surface area (Å²) in [5, 5.41) is 0. The van der Waals surface area contributed by atoms with Crippen LogP contribution < -0.4 is 5.73 Å². The van der Waals surface area contributed by atoms with Gasteiger partial charge in [-0.25, -0.2) is 0 Å². The SMILES string of the molecule is CN(CCCN)Cc1ccc(-c2ccc(Br)cc2)o1. The molecule has 0 spiro atoms. The molecule has 0 radical (unpaired) electrons. The van der Waals surface area contributed by atoms with Crippen molar-refractivity contribution in [3.63, 3.8) is 0 Å². The summed E-state index contributed by atoms with van der Waals surface area (Å²) in [6.07, 6.45) is 1.01. The number of hydrogen-bond donors (Lipinski definition) is 1. The fraction of sp³-hybridized carbons (Fsp3) is 0.333. The number of nitrogens with two attached hydrogens (primary N) is 1. The van der Waals surface area contributed by atoms with Gasteiger partial charge in [0.2, 0.25) is 0 Å². The second-order valence-electron chi connectivity index (χ2n) is 4.65. The summed E-state index contributed by atoms with van der Waals surface area (Å²) in [6.45, 7) is 2.54. The predicted octanol–water partition coefficient (Wildman–Crippen LogP) is 3.49. The van der Waals surface area contributed by atoms with Crippen molar-refractivity contribution in [1.29, 1.82) is 0 Å². The molecule has 0 aliphatic rings. The molecule has 0 saturated carbocycles. The summed E-state index contributed by atoms with van der Waals surface area (Å²) < 4.78 is 6.95. The smallest absolute Gasteiger partial charge is 0.134 e. The van der Waals surface area contributed by atoms with E-state index in [1.54, 1.807) is 0 Å². The van der Waals surface area contributed by atoms with Crippen LogP contribution in [0.1, 0.15) is 12.2 Å². The normalized spacial score (nSPS) is 11.2. The zero-order valence-corrected chi connectivity index (χ0v) is 12.7. The van der Waals surface area contributed by atoms with Gasteiger partial charge in [-0.05, 0) is 50.8 Å². The molecule has 2 rings (SSSR count). The molecule has 0 fully saturated rings. The Bertz CT molecular complexity index is 507. The zero-order chi connectivity index (χ0) is 13.7. The molecule has 0 aliphatic heterocycles. The van der Waals surface area contributed by atoms with Gasteiger partial charge in [0, 0.05) is 10.0 Å². The first kappa shape index (κ1) is 14.3. The molecule has 3 nitrogen and oxygen atoms in total. The van der Waals surface area contributed by atoms with Gasteiger partial charge >= 0.3 is 0 Å². The minimum Gasteiger partial charge on any atom is -0.460 e. The van der Waals surface area contributed by atoms with Crippen molar-refractivity contribution in [3.8, 4) is 11.3 Å². The number of furan rings is 1. The second kappa shape index (κ2) is 6.89. The number of halogens is 1. The Labute approximate surface area is 122 Å². The number of rotatable bonds is 6. The van der Waals surface area contributed by atoms with E-state index in [9.17, 15) is 0 Å². The monoisotopic (exact) mass is 322 g/mol. The number of hydrogen-bond acceptors (Lipinski definition) is 3. The second-order valence-corrected chi connectivity index (χ2v) is 5.57. The van der Waals surface area contributed by atoms with Gasteiger partial charge in [-0.1, -0.05) is 28.1 Å². The van der Waals surface area contributed by atoms with Crippen LogP contribution in [0, 0.1) is 0 Å². The highest BCUT2D eigenvalue weighted by Gasteiger charge is 2.07. The minimum atomic E-state index is 0.729. The molecule has 1 heterocycles. The third-order valence-electron chi connectivity index (χ3n) is 2.96. The van der Waals surface area contributed by atoms with Crippen molar-refractivity contribution in [1.82, 2.24) is 4.90 Å². The Morgan fingerprint density at radius 3 is 2.58 bits per heavy atom. The van der Waals surface area contributed by atoms with Crippen LogP contribution in [0.25, 0.3) is 11.3 Å². The molecule has 1 aromatic carbocycles. The lowest BCUT2D eigenvalue weighted by Crippen LogP contribution is -2.20. The fourth-order valence-electron chi connectivity index (χ4n) is 1.94. The molecule has 4 heteroatoms. The van der Waals surface area contributed by atoms with Crippen LogP contribution in [0.5, 0.6) is 0 Å². The molecule has 2 N–H and O–H groups in total. The summed E-state index contributed by atoms with van der Waals surface area (Å²) in [5.41, 5.74) is 6.60. The van der Waals surface area contributed by atoms with Crippen LogP contribution >= 0.6 is 15.9 Å². The van der Waals surface area contributed by atoms with Crippen LogP contribution in [0.3, 0.4) is 0 Å². The largest absolute Gasteiger partial charge is 0.460 e. The lowest BCUT2D eigenvalue weighted by Gasteiger charge is -2.13. The standard InChI is InChI=1S/C15H19BrN2O/c1-18(10-2-9-17)11-14-7-8-15(19-14)12-3-5-13(16)6-4-12/h3-8H,2,9-11,17H2,1H3. The van der Waals surface area contributed by atoms with E-state index in [1.165, 1.54) is 0 Å². The summed E-state index contributed by atoms with van der Waals surface area (Å²) in [6, 6.07) is 12.2. The van der Waals surface area contributed by atoms with Crippen molar-refractivity contribution in [2.75, 3.05) is 20.1 Å². The van der Waals surface area contributed by atoms with Gasteiger partial charge in [-0.15, -0.1) is 0 Å². The third kappa shape index (κ3) is 4.20. The lowest BCUT2D eigenvalue weighted by molar-refractivity contribution is 0.295. The minimum absolute atomic E-state index is 0.729. The summed E-state index contributed by atoms with van der Waals surface area (Å²) in [4.78, 5) is 2.22. The topological polar surface area (TPSA) is 42.4 Å². The molecule has 19 heavy (non-hydrogen) atoms. The van der Waals surface area contributed by atoms with Crippen molar-refractivity contribution in [2.45, 2.75) is 13.0 Å². The summed E-state index contributed by atoms with van der Waals surface area (Å²) in [5.74, 6) is 1.90. The lowest BCUT2D eigenvalue weighted by atomic mass is 10.2. The predicted molar refractivity (Wildman–Crippen MR) is 81.8 cm³/mol. The first-order valence-corrected chi connectivity index (χ1v) is 7.21. The van der Waals surface area contributed by atoms with E-state index >= 15 is 0 Å². The number of benzene rings is 1. The van der Waals surface area contributed by atoms with E-state index in [-0.39, 0.29) is 0 Å². The van der Waals surface area contributed by atoms with Gasteiger partial charge in [-0.3, -0.25) is 4.90 Å². The van der Waals surface area contributed by atoms with Gasteiger partial charge in [-0.2, -0.15) is 0 Å². The van der Waals surface area contributed by atoms with Gasteiger partial charge in [0.15, 0.2) is 0 Å². The highest BCUT2D eigenvalue weighted by Crippen LogP contribution is 2.24. The van der Waals surface area contributed by atoms with Gasteiger partial charge in [0.1, 0.15) is 11.5 Å². The van der Waals surface area contributed by atoms with Gasteiger partial charge in [0.25, 0.3) is 0 Å². The summed E-state index contributed by atoms with van der Waals surface area (Å²) >= 11 is 3.43. The van der Waals surface area contributed by atoms with Crippen LogP contribution in [0.2, 0.25) is 0 Å². The molecular weight excluding hydrogens is 304 g/mol. The van der Waals surface area contributed by atoms with Crippen molar-refractivity contribution in [2.24, 2.45) is 5.73 Å². The first-order chi connectivity index (χ1) is 9.19. The molecule has 0 aliphatic carbocycles. The molecule has 102 valence electrons. The average molecular weight is 323 g/mol. The zero-order valence-electron chi connectivity index (χ0n) is 11.1. The molecule has 0 bridgehead atoms. The average Bonchev–Trinajstić information content (AvgIpc) is 2.85. The molecule has 2 aromatic rings. The molecule has 0 unspecified atom stereocenters. The quantitative estimate of drug-likeness (QED) is 0.885. The summed E-state index contributed by atoms with van der Waals surface area (Å²) in [7, 11) is 2.08.